The lowest BCUT2D eigenvalue weighted by Crippen LogP contribution is -2.39. The molecule has 0 saturated heterocycles. The van der Waals surface area contributed by atoms with Gasteiger partial charge < -0.3 is 9.47 Å². The molecular formula is C17H18O4. The Morgan fingerprint density at radius 1 is 1.10 bits per heavy atom. The number of esters is 2. The number of hydrogen-bond acceptors (Lipinski definition) is 4. The maximum Gasteiger partial charge on any atom is 0.323 e. The minimum Gasteiger partial charge on any atom is -0.468 e. The first kappa shape index (κ1) is 13.9. The molecule has 2 aliphatic rings. The number of benzene rings is 1. The minimum absolute atomic E-state index is 0.290. The van der Waals surface area contributed by atoms with E-state index in [0.29, 0.717) is 18.8 Å². The summed E-state index contributed by atoms with van der Waals surface area (Å²) in [4.78, 5) is 24.3. The second kappa shape index (κ2) is 5.02. The molecule has 0 amide bonds. The number of allylic oxidation sites excluding steroid dienone is 2. The SMILES string of the molecule is COC(=O)C1(C(=O)OC)CC2=C(c3ccccc3)C[C@H]2C1. The molecule has 0 N–H and O–H groups in total. The van der Waals surface area contributed by atoms with Crippen LogP contribution in [0.3, 0.4) is 0 Å². The largest absolute Gasteiger partial charge is 0.468 e. The molecule has 1 fully saturated rings. The molecule has 21 heavy (non-hydrogen) atoms. The minimum atomic E-state index is -1.15. The fraction of sp³-hybridized carbons (Fsp3) is 0.412. The van der Waals surface area contributed by atoms with Crippen LogP contribution in [0.2, 0.25) is 0 Å². The van der Waals surface area contributed by atoms with Gasteiger partial charge in [-0.05, 0) is 36.3 Å². The van der Waals surface area contributed by atoms with Crippen LogP contribution < -0.4 is 0 Å². The Hall–Kier alpha value is -2.10. The molecule has 0 bridgehead atoms. The number of carbonyl (C=O) groups excluding carboxylic acids is 2. The zero-order chi connectivity index (χ0) is 15.0. The molecule has 0 unspecified atom stereocenters. The summed E-state index contributed by atoms with van der Waals surface area (Å²) in [5, 5.41) is 0. The molecule has 4 nitrogen and oxygen atoms in total. The van der Waals surface area contributed by atoms with Gasteiger partial charge in [0, 0.05) is 0 Å². The Kier molecular flexibility index (Phi) is 3.32. The topological polar surface area (TPSA) is 52.6 Å². The molecule has 0 aromatic heterocycles. The Bertz CT molecular complexity index is 599. The highest BCUT2D eigenvalue weighted by atomic mass is 16.5. The lowest BCUT2D eigenvalue weighted by atomic mass is 9.76. The van der Waals surface area contributed by atoms with Gasteiger partial charge >= 0.3 is 11.9 Å². The molecule has 0 radical (unpaired) electrons. The van der Waals surface area contributed by atoms with Crippen molar-refractivity contribution in [2.24, 2.45) is 11.3 Å². The first-order valence-electron chi connectivity index (χ1n) is 7.06. The lowest BCUT2D eigenvalue weighted by Gasteiger charge is -2.28. The summed E-state index contributed by atoms with van der Waals surface area (Å²) in [7, 11) is 2.64. The van der Waals surface area contributed by atoms with Crippen molar-refractivity contribution in [2.75, 3.05) is 14.2 Å². The highest BCUT2D eigenvalue weighted by Gasteiger charge is 2.58. The summed E-state index contributed by atoms with van der Waals surface area (Å²) in [6.45, 7) is 0. The van der Waals surface area contributed by atoms with Crippen LogP contribution in [0.15, 0.2) is 35.9 Å². The molecule has 1 aromatic rings. The van der Waals surface area contributed by atoms with E-state index < -0.39 is 17.4 Å². The van der Waals surface area contributed by atoms with Gasteiger partial charge in [-0.1, -0.05) is 35.9 Å². The summed E-state index contributed by atoms with van der Waals surface area (Å²) in [5.74, 6) is -0.675. The first-order chi connectivity index (χ1) is 10.1. The van der Waals surface area contributed by atoms with Crippen molar-refractivity contribution in [1.29, 1.82) is 0 Å². The number of methoxy groups -OCH3 is 2. The van der Waals surface area contributed by atoms with E-state index in [1.54, 1.807) is 0 Å². The van der Waals surface area contributed by atoms with Gasteiger partial charge in [-0.15, -0.1) is 0 Å². The van der Waals surface area contributed by atoms with Crippen molar-refractivity contribution >= 4 is 17.5 Å². The Balaban J connectivity index is 1.96. The molecule has 3 rings (SSSR count). The van der Waals surface area contributed by atoms with Gasteiger partial charge in [-0.25, -0.2) is 0 Å². The van der Waals surface area contributed by atoms with Gasteiger partial charge in [0.15, 0.2) is 5.41 Å². The molecular weight excluding hydrogens is 268 g/mol. The van der Waals surface area contributed by atoms with Gasteiger partial charge in [0.1, 0.15) is 0 Å². The van der Waals surface area contributed by atoms with Crippen LogP contribution >= 0.6 is 0 Å². The molecule has 4 heteroatoms. The summed E-state index contributed by atoms with van der Waals surface area (Å²) < 4.78 is 9.73. The van der Waals surface area contributed by atoms with Crippen LogP contribution in [-0.4, -0.2) is 26.2 Å². The quantitative estimate of drug-likeness (QED) is 0.633. The molecule has 1 aromatic carbocycles. The van der Waals surface area contributed by atoms with Crippen molar-refractivity contribution in [1.82, 2.24) is 0 Å². The van der Waals surface area contributed by atoms with Crippen molar-refractivity contribution in [3.63, 3.8) is 0 Å². The van der Waals surface area contributed by atoms with Gasteiger partial charge in [0.2, 0.25) is 0 Å². The highest BCUT2D eigenvalue weighted by Crippen LogP contribution is 2.58. The van der Waals surface area contributed by atoms with Crippen molar-refractivity contribution < 1.29 is 19.1 Å². The maximum absolute atomic E-state index is 12.2. The molecule has 0 aliphatic heterocycles. The smallest absolute Gasteiger partial charge is 0.323 e. The van der Waals surface area contributed by atoms with E-state index in [2.05, 4.69) is 12.1 Å². The molecule has 1 saturated carbocycles. The third-order valence-corrected chi connectivity index (χ3v) is 4.69. The van der Waals surface area contributed by atoms with E-state index in [1.807, 2.05) is 18.2 Å². The van der Waals surface area contributed by atoms with E-state index in [0.717, 1.165) is 6.42 Å². The summed E-state index contributed by atoms with van der Waals surface area (Å²) in [6, 6.07) is 10.1. The van der Waals surface area contributed by atoms with Crippen molar-refractivity contribution in [2.45, 2.75) is 19.3 Å². The van der Waals surface area contributed by atoms with Crippen LogP contribution in [0.25, 0.3) is 5.57 Å². The number of rotatable bonds is 3. The zero-order valence-corrected chi connectivity index (χ0v) is 12.2. The van der Waals surface area contributed by atoms with E-state index in [-0.39, 0.29) is 0 Å². The Morgan fingerprint density at radius 3 is 2.29 bits per heavy atom. The third kappa shape index (κ3) is 1.97. The van der Waals surface area contributed by atoms with Gasteiger partial charge in [-0.2, -0.15) is 0 Å². The second-order valence-corrected chi connectivity index (χ2v) is 5.72. The normalized spacial score (nSPS) is 22.3. The van der Waals surface area contributed by atoms with E-state index in [4.69, 9.17) is 9.47 Å². The lowest BCUT2D eigenvalue weighted by molar-refractivity contribution is -0.168. The molecule has 0 spiro atoms. The van der Waals surface area contributed by atoms with Crippen LogP contribution in [0, 0.1) is 11.3 Å². The maximum atomic E-state index is 12.2. The van der Waals surface area contributed by atoms with Gasteiger partial charge in [0.05, 0.1) is 14.2 Å². The summed E-state index contributed by atoms with van der Waals surface area (Å²) in [5.41, 5.74) is 2.49. The van der Waals surface area contributed by atoms with Gasteiger partial charge in [-0.3, -0.25) is 9.59 Å². The fourth-order valence-corrected chi connectivity index (χ4v) is 3.61. The zero-order valence-electron chi connectivity index (χ0n) is 12.2. The number of ether oxygens (including phenoxy) is 2. The van der Waals surface area contributed by atoms with E-state index >= 15 is 0 Å². The van der Waals surface area contributed by atoms with E-state index in [1.165, 1.54) is 30.9 Å². The number of hydrogen-bond donors (Lipinski definition) is 0. The Morgan fingerprint density at radius 2 is 1.71 bits per heavy atom. The van der Waals surface area contributed by atoms with Crippen LogP contribution in [0.5, 0.6) is 0 Å². The van der Waals surface area contributed by atoms with Crippen LogP contribution in [0.1, 0.15) is 24.8 Å². The molecule has 2 aliphatic carbocycles. The van der Waals surface area contributed by atoms with Crippen LogP contribution in [0.4, 0.5) is 0 Å². The average molecular weight is 286 g/mol. The summed E-state index contributed by atoms with van der Waals surface area (Å²) in [6.07, 6.45) is 1.83. The molecule has 0 heterocycles. The van der Waals surface area contributed by atoms with Crippen LogP contribution in [-0.2, 0) is 19.1 Å². The van der Waals surface area contributed by atoms with Crippen molar-refractivity contribution in [3.8, 4) is 0 Å². The van der Waals surface area contributed by atoms with Crippen molar-refractivity contribution in [3.05, 3.63) is 41.5 Å². The standard InChI is InChI=1S/C17H18O4/c1-20-15(18)17(16(19)21-2)9-12-8-13(14(12)10-17)11-6-4-3-5-7-11/h3-7,12H,8-10H2,1-2H3/t12-/m0/s1. The second-order valence-electron chi connectivity index (χ2n) is 5.72. The highest BCUT2D eigenvalue weighted by molar-refractivity contribution is 6.02. The summed E-state index contributed by atoms with van der Waals surface area (Å²) >= 11 is 0. The third-order valence-electron chi connectivity index (χ3n) is 4.69. The number of fused-ring (bicyclic) bond motifs is 1. The average Bonchev–Trinajstić information content (AvgIpc) is 2.82. The predicted molar refractivity (Wildman–Crippen MR) is 77.2 cm³/mol. The van der Waals surface area contributed by atoms with E-state index in [9.17, 15) is 9.59 Å². The fourth-order valence-electron chi connectivity index (χ4n) is 3.61. The number of carbonyl (C=O) groups is 2. The molecule has 1 atom stereocenters. The predicted octanol–water partition coefficient (Wildman–Crippen LogP) is 2.59. The molecule has 110 valence electrons. The Labute approximate surface area is 123 Å². The monoisotopic (exact) mass is 286 g/mol. The first-order valence-corrected chi connectivity index (χ1v) is 7.06. The van der Waals surface area contributed by atoms with Gasteiger partial charge in [0.25, 0.3) is 0 Å².